The molecule has 2 heterocycles. The molecule has 1 aromatic rings. The van der Waals surface area contributed by atoms with E-state index >= 15 is 0 Å². The quantitative estimate of drug-likeness (QED) is 0.624. The maximum Gasteiger partial charge on any atom is 0.354 e. The van der Waals surface area contributed by atoms with E-state index in [-0.39, 0.29) is 17.5 Å². The van der Waals surface area contributed by atoms with Gasteiger partial charge in [0, 0.05) is 12.5 Å². The number of rotatable bonds is 4. The van der Waals surface area contributed by atoms with Crippen LogP contribution >= 0.6 is 0 Å². The first-order chi connectivity index (χ1) is 11.2. The summed E-state index contributed by atoms with van der Waals surface area (Å²) in [5.74, 6) is -0.163. The summed E-state index contributed by atoms with van der Waals surface area (Å²) in [6.45, 7) is 1.06. The van der Waals surface area contributed by atoms with Gasteiger partial charge in [-0.05, 0) is 24.5 Å². The third-order valence-electron chi connectivity index (χ3n) is 4.36. The second-order valence-electron chi connectivity index (χ2n) is 5.66. The normalized spacial score (nSPS) is 23.0. The minimum atomic E-state index is -0.532. The third kappa shape index (κ3) is 2.76. The Morgan fingerprint density at radius 2 is 2.09 bits per heavy atom. The molecule has 0 bridgehead atoms. The molecule has 2 atom stereocenters. The van der Waals surface area contributed by atoms with E-state index < -0.39 is 11.9 Å². The lowest BCUT2D eigenvalue weighted by atomic mass is 9.83. The summed E-state index contributed by atoms with van der Waals surface area (Å²) in [6.07, 6.45) is 6.48. The van der Waals surface area contributed by atoms with E-state index in [1.807, 2.05) is 23.1 Å². The Morgan fingerprint density at radius 3 is 2.74 bits per heavy atom. The van der Waals surface area contributed by atoms with Gasteiger partial charge in [-0.15, -0.1) is 0 Å². The van der Waals surface area contributed by atoms with Crippen LogP contribution < -0.4 is 0 Å². The van der Waals surface area contributed by atoms with Gasteiger partial charge in [0.25, 0.3) is 0 Å². The van der Waals surface area contributed by atoms with Gasteiger partial charge in [-0.3, -0.25) is 0 Å². The molecule has 1 aliphatic heterocycles. The van der Waals surface area contributed by atoms with E-state index in [9.17, 15) is 9.59 Å². The fourth-order valence-electron chi connectivity index (χ4n) is 3.34. The topological polar surface area (TPSA) is 69.0 Å². The van der Waals surface area contributed by atoms with Crippen LogP contribution in [0.25, 0.3) is 0 Å². The van der Waals surface area contributed by atoms with E-state index in [1.54, 1.807) is 12.3 Å². The van der Waals surface area contributed by atoms with Gasteiger partial charge in [-0.1, -0.05) is 12.2 Å². The van der Waals surface area contributed by atoms with Gasteiger partial charge in [-0.25, -0.2) is 9.59 Å². The molecule has 0 amide bonds. The molecule has 0 spiro atoms. The fraction of sp³-hybridized carbons (Fsp3) is 0.412. The predicted molar refractivity (Wildman–Crippen MR) is 80.9 cm³/mol. The first kappa shape index (κ1) is 15.4. The molecule has 0 unspecified atom stereocenters. The summed E-state index contributed by atoms with van der Waals surface area (Å²) in [7, 11) is 2.63. The maximum absolute atomic E-state index is 12.3. The first-order valence-electron chi connectivity index (χ1n) is 7.50. The van der Waals surface area contributed by atoms with Gasteiger partial charge in [-0.2, -0.15) is 0 Å². The number of carbonyl (C=O) groups is 2. The average molecular weight is 317 g/mol. The van der Waals surface area contributed by atoms with Gasteiger partial charge in [0.15, 0.2) is 0 Å². The molecule has 0 N–H and O–H groups in total. The van der Waals surface area contributed by atoms with Crippen LogP contribution in [-0.4, -0.2) is 37.6 Å². The van der Waals surface area contributed by atoms with E-state index in [2.05, 4.69) is 0 Å². The van der Waals surface area contributed by atoms with Gasteiger partial charge in [0.2, 0.25) is 0 Å². The standard InChI is InChI=1S/C17H19NO5/c1-21-16(19)14-13-7-3-5-11(13)9-18(15(14)17(20)22-2)10-12-6-4-8-23-12/h3-4,6-8,11,13H,5,9-10H2,1-2H3/t11-,13-/m0/s1. The highest BCUT2D eigenvalue weighted by Gasteiger charge is 2.42. The molecule has 6 nitrogen and oxygen atoms in total. The molecule has 122 valence electrons. The van der Waals surface area contributed by atoms with Crippen molar-refractivity contribution < 1.29 is 23.5 Å². The van der Waals surface area contributed by atoms with Crippen molar-refractivity contribution in [3.63, 3.8) is 0 Å². The second-order valence-corrected chi connectivity index (χ2v) is 5.66. The molecule has 0 radical (unpaired) electrons. The number of furan rings is 1. The van der Waals surface area contributed by atoms with Crippen LogP contribution in [0.4, 0.5) is 0 Å². The zero-order chi connectivity index (χ0) is 16.4. The van der Waals surface area contributed by atoms with Crippen molar-refractivity contribution in [1.82, 2.24) is 4.90 Å². The largest absolute Gasteiger partial charge is 0.467 e. The Balaban J connectivity index is 2.05. The number of nitrogens with zero attached hydrogens (tertiary/aromatic N) is 1. The predicted octanol–water partition coefficient (Wildman–Crippen LogP) is 1.89. The number of methoxy groups -OCH3 is 2. The summed E-state index contributed by atoms with van der Waals surface area (Å²) in [6, 6.07) is 3.63. The lowest BCUT2D eigenvalue weighted by Gasteiger charge is -2.37. The van der Waals surface area contributed by atoms with Crippen LogP contribution in [0.1, 0.15) is 12.2 Å². The number of carbonyl (C=O) groups excluding carboxylic acids is 2. The van der Waals surface area contributed by atoms with Gasteiger partial charge in [0.05, 0.1) is 32.6 Å². The zero-order valence-corrected chi connectivity index (χ0v) is 13.2. The summed E-state index contributed by atoms with van der Waals surface area (Å²) in [5, 5.41) is 0. The average Bonchev–Trinajstić information content (AvgIpc) is 3.23. The van der Waals surface area contributed by atoms with Crippen molar-refractivity contribution in [3.8, 4) is 0 Å². The van der Waals surface area contributed by atoms with E-state index in [1.165, 1.54) is 14.2 Å². The molecule has 0 saturated carbocycles. The second kappa shape index (κ2) is 6.32. The smallest absolute Gasteiger partial charge is 0.354 e. The molecule has 0 aromatic carbocycles. The maximum atomic E-state index is 12.3. The summed E-state index contributed by atoms with van der Waals surface area (Å²) < 4.78 is 15.2. The Kier molecular flexibility index (Phi) is 4.23. The van der Waals surface area contributed by atoms with Crippen molar-refractivity contribution in [1.29, 1.82) is 0 Å². The Bertz CT molecular complexity index is 659. The summed E-state index contributed by atoms with van der Waals surface area (Å²) >= 11 is 0. The Labute approximate surface area is 134 Å². The van der Waals surface area contributed by atoms with Crippen molar-refractivity contribution in [3.05, 3.63) is 47.6 Å². The molecule has 0 fully saturated rings. The van der Waals surface area contributed by atoms with Crippen LogP contribution in [0.2, 0.25) is 0 Å². The SMILES string of the molecule is COC(=O)C1=C(C(=O)OC)N(Cc2ccco2)C[C@@H]2CC=C[C@H]12. The lowest BCUT2D eigenvalue weighted by molar-refractivity contribution is -0.142. The number of hydrogen-bond acceptors (Lipinski definition) is 6. The van der Waals surface area contributed by atoms with E-state index in [0.29, 0.717) is 18.7 Å². The number of fused-ring (bicyclic) bond motifs is 1. The van der Waals surface area contributed by atoms with Crippen molar-refractivity contribution >= 4 is 11.9 Å². The van der Waals surface area contributed by atoms with Crippen LogP contribution in [0.3, 0.4) is 0 Å². The molecule has 1 aliphatic carbocycles. The zero-order valence-electron chi connectivity index (χ0n) is 13.2. The molecule has 23 heavy (non-hydrogen) atoms. The van der Waals surface area contributed by atoms with Gasteiger partial charge in [0.1, 0.15) is 11.5 Å². The highest BCUT2D eigenvalue weighted by molar-refractivity contribution is 6.01. The Morgan fingerprint density at radius 1 is 1.30 bits per heavy atom. The molecule has 3 rings (SSSR count). The molecule has 1 aromatic heterocycles. The monoisotopic (exact) mass is 317 g/mol. The Hall–Kier alpha value is -2.50. The highest BCUT2D eigenvalue weighted by atomic mass is 16.5. The number of allylic oxidation sites excluding steroid dienone is 2. The van der Waals surface area contributed by atoms with E-state index in [0.717, 1.165) is 12.2 Å². The van der Waals surface area contributed by atoms with Crippen molar-refractivity contribution in [2.24, 2.45) is 11.8 Å². The van der Waals surface area contributed by atoms with E-state index in [4.69, 9.17) is 13.9 Å². The van der Waals surface area contributed by atoms with Crippen LogP contribution in [0.15, 0.2) is 46.2 Å². The van der Waals surface area contributed by atoms with Crippen LogP contribution in [0.5, 0.6) is 0 Å². The van der Waals surface area contributed by atoms with Gasteiger partial charge >= 0.3 is 11.9 Å². The van der Waals surface area contributed by atoms with Crippen molar-refractivity contribution in [2.75, 3.05) is 20.8 Å². The van der Waals surface area contributed by atoms with Crippen LogP contribution in [0, 0.1) is 11.8 Å². The number of hydrogen-bond donors (Lipinski definition) is 0. The number of esters is 2. The van der Waals surface area contributed by atoms with Gasteiger partial charge < -0.3 is 18.8 Å². The molecule has 2 aliphatic rings. The number of ether oxygens (including phenoxy) is 2. The molecular formula is C17H19NO5. The minimum absolute atomic E-state index is 0.107. The highest BCUT2D eigenvalue weighted by Crippen LogP contribution is 2.40. The molecular weight excluding hydrogens is 298 g/mol. The third-order valence-corrected chi connectivity index (χ3v) is 4.36. The summed E-state index contributed by atoms with van der Waals surface area (Å²) in [5.41, 5.74) is 0.638. The summed E-state index contributed by atoms with van der Waals surface area (Å²) in [4.78, 5) is 26.5. The van der Waals surface area contributed by atoms with Crippen LogP contribution in [-0.2, 0) is 25.6 Å². The minimum Gasteiger partial charge on any atom is -0.467 e. The van der Waals surface area contributed by atoms with Crippen molar-refractivity contribution in [2.45, 2.75) is 13.0 Å². The fourth-order valence-corrected chi connectivity index (χ4v) is 3.34. The molecule has 0 saturated heterocycles. The first-order valence-corrected chi connectivity index (χ1v) is 7.50. The lowest BCUT2D eigenvalue weighted by Crippen LogP contribution is -2.42. The molecule has 6 heteroatoms.